The molecule has 0 heterocycles. The molecule has 15 heteroatoms. The molecule has 4 fully saturated rings. The maximum atomic E-state index is 13.9. The number of rotatable bonds is 16. The van der Waals surface area contributed by atoms with Gasteiger partial charge in [-0.15, -0.1) is 0 Å². The Hall–Kier alpha value is -4.63. The first-order valence-electron chi connectivity index (χ1n) is 19.6. The molecule has 4 saturated carbocycles. The highest BCUT2D eigenvalue weighted by molar-refractivity contribution is 7.98. The van der Waals surface area contributed by atoms with E-state index in [1.54, 1.807) is 57.2 Å². The maximum absolute atomic E-state index is 13.9. The molecule has 6 rings (SSSR count). The van der Waals surface area contributed by atoms with Crippen molar-refractivity contribution >= 4 is 47.5 Å². The number of nitrogens with two attached hydrogens (primary N) is 1. The van der Waals surface area contributed by atoms with Crippen LogP contribution in [0, 0.1) is 23.2 Å². The van der Waals surface area contributed by atoms with Gasteiger partial charge in [0.2, 0.25) is 17.7 Å². The Kier molecular flexibility index (Phi) is 14.0. The van der Waals surface area contributed by atoms with Crippen molar-refractivity contribution in [1.82, 2.24) is 21.3 Å². The van der Waals surface area contributed by atoms with Crippen molar-refractivity contribution in [3.8, 4) is 5.75 Å². The van der Waals surface area contributed by atoms with Crippen LogP contribution in [-0.2, 0) is 46.3 Å². The van der Waals surface area contributed by atoms with E-state index in [0.717, 1.165) is 24.8 Å². The van der Waals surface area contributed by atoms with Gasteiger partial charge >= 0.3 is 18.0 Å². The van der Waals surface area contributed by atoms with Crippen LogP contribution in [0.4, 0.5) is 4.79 Å². The van der Waals surface area contributed by atoms with Gasteiger partial charge in [-0.25, -0.2) is 9.59 Å². The number of aromatic hydroxyl groups is 1. The summed E-state index contributed by atoms with van der Waals surface area (Å²) in [6.07, 6.45) is 5.28. The zero-order valence-electron chi connectivity index (χ0n) is 33.4. The largest absolute Gasteiger partial charge is 0.508 e. The normalized spacial score (nSPS) is 25.0. The zero-order valence-corrected chi connectivity index (χ0v) is 34.2. The quantitative estimate of drug-likeness (QED) is 0.107. The van der Waals surface area contributed by atoms with Crippen molar-refractivity contribution in [2.75, 3.05) is 18.6 Å². The van der Waals surface area contributed by atoms with Crippen molar-refractivity contribution in [2.24, 2.45) is 28.9 Å². The molecule has 57 heavy (non-hydrogen) atoms. The van der Waals surface area contributed by atoms with Gasteiger partial charge in [0.1, 0.15) is 29.5 Å². The number of phenols is 1. The molecule has 4 aliphatic rings. The lowest BCUT2D eigenvalue weighted by Crippen LogP contribution is -2.68. The first kappa shape index (κ1) is 43.5. The van der Waals surface area contributed by atoms with Crippen molar-refractivity contribution in [1.29, 1.82) is 0 Å². The lowest BCUT2D eigenvalue weighted by Gasteiger charge is -2.63. The van der Waals surface area contributed by atoms with Crippen LogP contribution in [-0.4, -0.2) is 88.7 Å². The first-order chi connectivity index (χ1) is 26.9. The highest BCUT2D eigenvalue weighted by Gasteiger charge is 2.64. The summed E-state index contributed by atoms with van der Waals surface area (Å²) in [6, 6.07) is 11.7. The molecule has 6 atom stereocenters. The number of carbonyl (C=O) groups excluding carboxylic acids is 6. The molecule has 0 saturated heterocycles. The fourth-order valence-corrected chi connectivity index (χ4v) is 9.44. The standard InChI is InChI=1S/C42H57N5O9S/c1-25-41(20-28-17-29(21-41)23-42(25,43)22-28)38(53)55-37(52)33(19-26-9-7-6-8-10-26)45-34(49)24-44-35(50)31(15-16-57-5)46-36(51)32(47-39(54)56-40(2,3)4)18-27-11-13-30(48)14-12-27/h6-14,25,28-29,31-33,48H,15-24,43H2,1-5H3,(H,44,50)(H,45,49)(H,46,51)(H,47,54)/t25?,28?,29?,31-,32+,33+,41?,42?/m1/s1. The SMILES string of the molecule is CSCC[C@@H](NC(=O)[C@H](Cc1ccc(O)cc1)NC(=O)OC(C)(C)C)C(=O)NCC(=O)N[C@@H](Cc1ccccc1)C(=O)OC(=O)C12CC3CC(CC(N)(C3)C1C)C2. The summed E-state index contributed by atoms with van der Waals surface area (Å²) >= 11 is 1.45. The van der Waals surface area contributed by atoms with Crippen LogP contribution < -0.4 is 27.0 Å². The Balaban J connectivity index is 1.24. The Morgan fingerprint density at radius 2 is 1.46 bits per heavy atom. The predicted molar refractivity (Wildman–Crippen MR) is 215 cm³/mol. The van der Waals surface area contributed by atoms with Gasteiger partial charge in [0, 0.05) is 18.4 Å². The molecular weight excluding hydrogens is 751 g/mol. The van der Waals surface area contributed by atoms with Gasteiger partial charge in [-0.1, -0.05) is 49.4 Å². The highest BCUT2D eigenvalue weighted by atomic mass is 32.2. The smallest absolute Gasteiger partial charge is 0.408 e. The molecule has 0 aliphatic heterocycles. The van der Waals surface area contributed by atoms with Crippen LogP contribution in [0.15, 0.2) is 54.6 Å². The molecule has 2 aromatic carbocycles. The minimum absolute atomic E-state index is 0.0281. The van der Waals surface area contributed by atoms with E-state index >= 15 is 0 Å². The van der Waals surface area contributed by atoms with E-state index in [2.05, 4.69) is 21.3 Å². The van der Waals surface area contributed by atoms with Crippen molar-refractivity contribution in [3.63, 3.8) is 0 Å². The lowest BCUT2D eigenvalue weighted by molar-refractivity contribution is -0.190. The summed E-state index contributed by atoms with van der Waals surface area (Å²) in [5.74, 6) is -2.54. The number of ether oxygens (including phenoxy) is 2. The molecule has 3 unspecified atom stereocenters. The average Bonchev–Trinajstić information content (AvgIpc) is 3.13. The second-order valence-electron chi connectivity index (χ2n) is 17.0. The molecular formula is C42H57N5O9S. The average molecular weight is 808 g/mol. The van der Waals surface area contributed by atoms with E-state index in [4.69, 9.17) is 15.2 Å². The number of hydrogen-bond donors (Lipinski definition) is 6. The zero-order chi connectivity index (χ0) is 41.5. The number of hydrogen-bond acceptors (Lipinski definition) is 11. The topological polar surface area (TPSA) is 215 Å². The Labute approximate surface area is 338 Å². The number of amides is 4. The van der Waals surface area contributed by atoms with E-state index < -0.39 is 77.0 Å². The summed E-state index contributed by atoms with van der Waals surface area (Å²) in [6.45, 7) is 6.51. The van der Waals surface area contributed by atoms with E-state index in [0.29, 0.717) is 36.0 Å². The fourth-order valence-electron chi connectivity index (χ4n) is 8.97. The maximum Gasteiger partial charge on any atom is 0.408 e. The predicted octanol–water partition coefficient (Wildman–Crippen LogP) is 3.52. The van der Waals surface area contributed by atoms with Crippen molar-refractivity contribution < 1.29 is 43.3 Å². The van der Waals surface area contributed by atoms with Gasteiger partial charge in [0.15, 0.2) is 0 Å². The van der Waals surface area contributed by atoms with Gasteiger partial charge in [-0.3, -0.25) is 19.2 Å². The molecule has 7 N–H and O–H groups in total. The van der Waals surface area contributed by atoms with Gasteiger partial charge in [0.05, 0.1) is 12.0 Å². The number of phenolic OH excluding ortho intramolecular Hbond substituents is 1. The molecule has 310 valence electrons. The van der Waals surface area contributed by atoms with E-state index in [1.165, 1.54) is 23.9 Å². The molecule has 14 nitrogen and oxygen atoms in total. The minimum Gasteiger partial charge on any atom is -0.508 e. The molecule has 0 aromatic heterocycles. The fraction of sp³-hybridized carbons (Fsp3) is 0.571. The summed E-state index contributed by atoms with van der Waals surface area (Å²) < 4.78 is 11.0. The second kappa shape index (κ2) is 18.3. The number of esters is 2. The second-order valence-corrected chi connectivity index (χ2v) is 18.0. The van der Waals surface area contributed by atoms with Crippen LogP contribution >= 0.6 is 11.8 Å². The van der Waals surface area contributed by atoms with Crippen LogP contribution in [0.1, 0.15) is 77.3 Å². The monoisotopic (exact) mass is 807 g/mol. The highest BCUT2D eigenvalue weighted by Crippen LogP contribution is 2.64. The lowest BCUT2D eigenvalue weighted by atomic mass is 9.43. The number of nitrogens with one attached hydrogen (secondary N) is 4. The Bertz CT molecular complexity index is 1770. The van der Waals surface area contributed by atoms with Crippen molar-refractivity contribution in [2.45, 2.75) is 108 Å². The molecule has 0 spiro atoms. The van der Waals surface area contributed by atoms with Crippen LogP contribution in [0.5, 0.6) is 5.75 Å². The minimum atomic E-state index is -1.23. The van der Waals surface area contributed by atoms with Gasteiger partial charge < -0.3 is 41.6 Å². The van der Waals surface area contributed by atoms with Crippen molar-refractivity contribution in [3.05, 3.63) is 65.7 Å². The number of benzene rings is 2. The number of carbonyl (C=O) groups is 6. The van der Waals surface area contributed by atoms with Crippen LogP contribution in [0.2, 0.25) is 0 Å². The third-order valence-corrected chi connectivity index (χ3v) is 12.2. The summed E-state index contributed by atoms with van der Waals surface area (Å²) in [5.41, 5.74) is 6.02. The number of thioether (sulfide) groups is 1. The molecule has 4 amide bonds. The Morgan fingerprint density at radius 3 is 2.07 bits per heavy atom. The Morgan fingerprint density at radius 1 is 0.842 bits per heavy atom. The van der Waals surface area contributed by atoms with Crippen LogP contribution in [0.25, 0.3) is 0 Å². The van der Waals surface area contributed by atoms with E-state index in [-0.39, 0.29) is 30.9 Å². The van der Waals surface area contributed by atoms with Gasteiger partial charge in [-0.2, -0.15) is 11.8 Å². The summed E-state index contributed by atoms with van der Waals surface area (Å²) in [5, 5.41) is 20.2. The summed E-state index contributed by atoms with van der Waals surface area (Å²) in [7, 11) is 0. The van der Waals surface area contributed by atoms with E-state index in [9.17, 15) is 33.9 Å². The third kappa shape index (κ3) is 11.3. The number of alkyl carbamates (subject to hydrolysis) is 1. The third-order valence-electron chi connectivity index (χ3n) is 11.6. The molecule has 2 aromatic rings. The summed E-state index contributed by atoms with van der Waals surface area (Å²) in [4.78, 5) is 81.0. The van der Waals surface area contributed by atoms with Gasteiger partial charge in [-0.05, 0) is 112 Å². The molecule has 4 bridgehead atoms. The van der Waals surface area contributed by atoms with Crippen LogP contribution in [0.3, 0.4) is 0 Å². The van der Waals surface area contributed by atoms with E-state index in [1.807, 2.05) is 19.2 Å². The molecule has 4 aliphatic carbocycles. The molecule has 0 radical (unpaired) electrons. The van der Waals surface area contributed by atoms with Gasteiger partial charge in [0.25, 0.3) is 0 Å². The first-order valence-corrected chi connectivity index (χ1v) is 21.0.